The predicted molar refractivity (Wildman–Crippen MR) is 85.7 cm³/mol. The molecule has 1 unspecified atom stereocenters. The molecule has 0 amide bonds. The zero-order chi connectivity index (χ0) is 15.0. The van der Waals surface area contributed by atoms with Crippen LogP contribution < -0.4 is 5.32 Å². The zero-order valence-corrected chi connectivity index (χ0v) is 13.3. The Balaban J connectivity index is 2.04. The second-order valence-corrected chi connectivity index (χ2v) is 6.33. The Morgan fingerprint density at radius 1 is 1.10 bits per heavy atom. The van der Waals surface area contributed by atoms with E-state index < -0.39 is 0 Å². The van der Waals surface area contributed by atoms with Crippen molar-refractivity contribution in [2.45, 2.75) is 33.7 Å². The van der Waals surface area contributed by atoms with Crippen molar-refractivity contribution in [3.8, 4) is 0 Å². The molecule has 0 aliphatic rings. The molecule has 0 spiro atoms. The van der Waals surface area contributed by atoms with Gasteiger partial charge in [-0.1, -0.05) is 23.5 Å². The van der Waals surface area contributed by atoms with Crippen molar-refractivity contribution in [3.05, 3.63) is 39.6 Å². The summed E-state index contributed by atoms with van der Waals surface area (Å²) in [5.41, 5.74) is 2.13. The van der Waals surface area contributed by atoms with Gasteiger partial charge in [0.25, 0.3) is 0 Å². The normalized spacial score (nSPS) is 12.6. The van der Waals surface area contributed by atoms with Crippen LogP contribution in [0.15, 0.2) is 18.2 Å². The van der Waals surface area contributed by atoms with Gasteiger partial charge in [-0.3, -0.25) is 0 Å². The molecular weight excluding hydrogens is 282 g/mol. The number of anilines is 1. The summed E-state index contributed by atoms with van der Waals surface area (Å²) in [4.78, 5) is 9.07. The first-order valence-electron chi connectivity index (χ1n) is 6.85. The van der Waals surface area contributed by atoms with Crippen molar-refractivity contribution < 1.29 is 0 Å². The lowest BCUT2D eigenvalue weighted by molar-refractivity contribution is 0.829. The van der Waals surface area contributed by atoms with Crippen LogP contribution in [0, 0.1) is 20.8 Å². The number of hydrogen-bond donors (Lipinski definition) is 1. The van der Waals surface area contributed by atoms with Gasteiger partial charge in [0.2, 0.25) is 0 Å². The molecule has 0 aliphatic carbocycles. The second-order valence-electron chi connectivity index (χ2n) is 5.11. The lowest BCUT2D eigenvalue weighted by Gasteiger charge is -2.15. The van der Waals surface area contributed by atoms with Gasteiger partial charge < -0.3 is 5.32 Å². The van der Waals surface area contributed by atoms with E-state index in [0.29, 0.717) is 0 Å². The first kappa shape index (κ1) is 13.9. The standard InChI is InChI=1S/C15H17N5S/c1-8-6-5-7-12-13(8)14(18-10(3)17-12)16-9(2)15-20-19-11(4)21-15/h5-7,9H,1-4H3,(H,16,17,18). The van der Waals surface area contributed by atoms with Crippen molar-refractivity contribution in [3.63, 3.8) is 0 Å². The Labute approximate surface area is 127 Å². The van der Waals surface area contributed by atoms with E-state index in [1.807, 2.05) is 26.0 Å². The molecule has 108 valence electrons. The summed E-state index contributed by atoms with van der Waals surface area (Å²) < 4.78 is 0. The zero-order valence-electron chi connectivity index (χ0n) is 12.5. The minimum atomic E-state index is 0.0632. The molecular formula is C15H17N5S. The highest BCUT2D eigenvalue weighted by Gasteiger charge is 2.14. The number of hydrogen-bond acceptors (Lipinski definition) is 6. The first-order valence-corrected chi connectivity index (χ1v) is 7.67. The largest absolute Gasteiger partial charge is 0.360 e. The van der Waals surface area contributed by atoms with Gasteiger partial charge >= 0.3 is 0 Å². The summed E-state index contributed by atoms with van der Waals surface area (Å²) in [6, 6.07) is 6.17. The highest BCUT2D eigenvalue weighted by Crippen LogP contribution is 2.28. The molecule has 1 N–H and O–H groups in total. The van der Waals surface area contributed by atoms with Crippen molar-refractivity contribution in [1.29, 1.82) is 0 Å². The van der Waals surface area contributed by atoms with Gasteiger partial charge in [-0.25, -0.2) is 9.97 Å². The van der Waals surface area contributed by atoms with Gasteiger partial charge in [0, 0.05) is 5.39 Å². The van der Waals surface area contributed by atoms with Gasteiger partial charge in [-0.2, -0.15) is 0 Å². The molecule has 0 bridgehead atoms. The topological polar surface area (TPSA) is 63.6 Å². The van der Waals surface area contributed by atoms with E-state index in [1.54, 1.807) is 11.3 Å². The number of fused-ring (bicyclic) bond motifs is 1. The van der Waals surface area contributed by atoms with Crippen LogP contribution >= 0.6 is 11.3 Å². The molecule has 0 aliphatic heterocycles. The third-order valence-corrected chi connectivity index (χ3v) is 4.33. The quantitative estimate of drug-likeness (QED) is 0.801. The number of nitrogens with one attached hydrogen (secondary N) is 1. The monoisotopic (exact) mass is 299 g/mol. The number of benzene rings is 1. The van der Waals surface area contributed by atoms with E-state index in [1.165, 1.54) is 0 Å². The Morgan fingerprint density at radius 3 is 2.62 bits per heavy atom. The molecule has 6 heteroatoms. The van der Waals surface area contributed by atoms with Crippen molar-refractivity contribution in [1.82, 2.24) is 20.2 Å². The average Bonchev–Trinajstić information content (AvgIpc) is 2.85. The maximum Gasteiger partial charge on any atom is 0.139 e. The average molecular weight is 299 g/mol. The summed E-state index contributed by atoms with van der Waals surface area (Å²) in [5.74, 6) is 1.62. The SMILES string of the molecule is Cc1nc(NC(C)c2nnc(C)s2)c2c(C)cccc2n1. The van der Waals surface area contributed by atoms with E-state index >= 15 is 0 Å². The molecule has 0 fully saturated rings. The van der Waals surface area contributed by atoms with E-state index in [0.717, 1.165) is 38.1 Å². The highest BCUT2D eigenvalue weighted by molar-refractivity contribution is 7.11. The van der Waals surface area contributed by atoms with E-state index in [4.69, 9.17) is 0 Å². The molecule has 0 saturated heterocycles. The highest BCUT2D eigenvalue weighted by atomic mass is 32.1. The number of rotatable bonds is 3. The summed E-state index contributed by atoms with van der Waals surface area (Å²) in [6.07, 6.45) is 0. The Hall–Kier alpha value is -2.08. The molecule has 3 aromatic rings. The maximum absolute atomic E-state index is 4.57. The van der Waals surface area contributed by atoms with Crippen molar-refractivity contribution in [2.24, 2.45) is 0 Å². The van der Waals surface area contributed by atoms with Crippen LogP contribution in [-0.4, -0.2) is 20.2 Å². The van der Waals surface area contributed by atoms with Gasteiger partial charge in [0.05, 0.1) is 11.6 Å². The first-order chi connectivity index (χ1) is 10.0. The van der Waals surface area contributed by atoms with Crippen LogP contribution in [-0.2, 0) is 0 Å². The maximum atomic E-state index is 4.57. The van der Waals surface area contributed by atoms with Gasteiger partial charge in [-0.05, 0) is 39.3 Å². The minimum Gasteiger partial charge on any atom is -0.360 e. The second kappa shape index (κ2) is 5.37. The van der Waals surface area contributed by atoms with Gasteiger partial charge in [0.15, 0.2) is 0 Å². The summed E-state index contributed by atoms with van der Waals surface area (Å²) in [5, 5.41) is 14.7. The molecule has 21 heavy (non-hydrogen) atoms. The fourth-order valence-corrected chi connectivity index (χ4v) is 3.03. The van der Waals surface area contributed by atoms with Gasteiger partial charge in [-0.15, -0.1) is 10.2 Å². The molecule has 1 aromatic carbocycles. The van der Waals surface area contributed by atoms with E-state index in [9.17, 15) is 0 Å². The molecule has 2 heterocycles. The lowest BCUT2D eigenvalue weighted by Crippen LogP contribution is -2.10. The predicted octanol–water partition coefficient (Wildman–Crippen LogP) is 3.58. The third kappa shape index (κ3) is 2.71. The molecule has 0 saturated carbocycles. The van der Waals surface area contributed by atoms with Crippen LogP contribution in [0.2, 0.25) is 0 Å². The van der Waals surface area contributed by atoms with Crippen LogP contribution in [0.5, 0.6) is 0 Å². The van der Waals surface area contributed by atoms with Crippen LogP contribution in [0.25, 0.3) is 10.9 Å². The lowest BCUT2D eigenvalue weighted by atomic mass is 10.1. The molecule has 1 atom stereocenters. The van der Waals surface area contributed by atoms with Crippen molar-refractivity contribution >= 4 is 28.1 Å². The van der Waals surface area contributed by atoms with Crippen LogP contribution in [0.4, 0.5) is 5.82 Å². The van der Waals surface area contributed by atoms with Crippen molar-refractivity contribution in [2.75, 3.05) is 5.32 Å². The van der Waals surface area contributed by atoms with Gasteiger partial charge in [0.1, 0.15) is 21.7 Å². The molecule has 0 radical (unpaired) electrons. The Bertz CT molecular complexity index is 796. The summed E-state index contributed by atoms with van der Waals surface area (Å²) in [6.45, 7) is 8.02. The Morgan fingerprint density at radius 2 is 1.90 bits per heavy atom. The number of aryl methyl sites for hydroxylation is 3. The molecule has 2 aromatic heterocycles. The van der Waals surface area contributed by atoms with E-state index in [2.05, 4.69) is 45.4 Å². The van der Waals surface area contributed by atoms with E-state index in [-0.39, 0.29) is 6.04 Å². The van der Waals surface area contributed by atoms with Crippen LogP contribution in [0.1, 0.15) is 34.4 Å². The summed E-state index contributed by atoms with van der Waals surface area (Å²) >= 11 is 1.60. The molecule has 5 nitrogen and oxygen atoms in total. The summed E-state index contributed by atoms with van der Waals surface area (Å²) in [7, 11) is 0. The minimum absolute atomic E-state index is 0.0632. The molecule has 3 rings (SSSR count). The fraction of sp³-hybridized carbons (Fsp3) is 0.333. The van der Waals surface area contributed by atoms with Crippen LogP contribution in [0.3, 0.4) is 0 Å². The Kier molecular flexibility index (Phi) is 3.55. The smallest absolute Gasteiger partial charge is 0.139 e. The number of nitrogens with zero attached hydrogens (tertiary/aromatic N) is 4. The number of aromatic nitrogens is 4. The third-order valence-electron chi connectivity index (χ3n) is 3.31. The fourth-order valence-electron chi connectivity index (χ4n) is 2.33.